The standard InChI is InChI=1S/C4H11BN/c1-4-6(2,3)5/h4H2,1-3H3/q+1. The molecular weight excluding hydrogens is 72.9 g/mol. The summed E-state index contributed by atoms with van der Waals surface area (Å²) < 4.78 is 0.569. The molecule has 0 aromatic carbocycles. The third kappa shape index (κ3) is 4.02. The van der Waals surface area contributed by atoms with E-state index in [0.29, 0.717) is 4.39 Å². The Morgan fingerprint density at radius 2 is 1.67 bits per heavy atom. The SMILES string of the molecule is [B][N+](C)(C)CC. The van der Waals surface area contributed by atoms with Gasteiger partial charge in [0.1, 0.15) is 0 Å². The van der Waals surface area contributed by atoms with E-state index in [-0.39, 0.29) is 0 Å². The van der Waals surface area contributed by atoms with Crippen molar-refractivity contribution < 1.29 is 4.39 Å². The lowest BCUT2D eigenvalue weighted by atomic mass is 10.3. The van der Waals surface area contributed by atoms with Crippen molar-refractivity contribution in [3.8, 4) is 0 Å². The highest BCUT2D eigenvalue weighted by Gasteiger charge is 1.99. The van der Waals surface area contributed by atoms with Gasteiger partial charge in [-0.3, -0.25) is 0 Å². The zero-order valence-corrected chi connectivity index (χ0v) is 4.73. The molecule has 0 saturated heterocycles. The van der Waals surface area contributed by atoms with E-state index in [2.05, 4.69) is 6.92 Å². The quantitative estimate of drug-likeness (QED) is 0.397. The lowest BCUT2D eigenvalue weighted by Gasteiger charge is -2.21. The Morgan fingerprint density at radius 3 is 1.67 bits per heavy atom. The molecule has 1 nitrogen and oxygen atoms in total. The summed E-state index contributed by atoms with van der Waals surface area (Å²) in [5, 5.41) is 0. The van der Waals surface area contributed by atoms with Crippen LogP contribution >= 0.6 is 0 Å². The Bertz CT molecular complexity index is 37.3. The average molecular weight is 84.0 g/mol. The van der Waals surface area contributed by atoms with E-state index in [0.717, 1.165) is 6.54 Å². The van der Waals surface area contributed by atoms with Crippen LogP contribution in [0, 0.1) is 0 Å². The second-order valence-electron chi connectivity index (χ2n) is 2.09. The molecule has 0 aromatic heterocycles. The minimum atomic E-state index is 0.569. The summed E-state index contributed by atoms with van der Waals surface area (Å²) in [4.78, 5) is 0. The summed E-state index contributed by atoms with van der Waals surface area (Å²) in [6.07, 6.45) is 0. The fraction of sp³-hybridized carbons (Fsp3) is 1.00. The van der Waals surface area contributed by atoms with Gasteiger partial charge in [-0.05, 0) is 6.92 Å². The summed E-state index contributed by atoms with van der Waals surface area (Å²) in [6, 6.07) is 0. The van der Waals surface area contributed by atoms with E-state index in [4.69, 9.17) is 7.98 Å². The van der Waals surface area contributed by atoms with Crippen LogP contribution in [-0.4, -0.2) is 33.0 Å². The molecule has 2 heteroatoms. The molecule has 0 atom stereocenters. The van der Waals surface area contributed by atoms with Gasteiger partial charge in [-0.2, -0.15) is 0 Å². The van der Waals surface area contributed by atoms with Crippen molar-refractivity contribution in [3.63, 3.8) is 0 Å². The number of rotatable bonds is 1. The molecule has 6 heavy (non-hydrogen) atoms. The van der Waals surface area contributed by atoms with E-state index in [1.165, 1.54) is 0 Å². The van der Waals surface area contributed by atoms with Gasteiger partial charge in [0.05, 0.1) is 6.54 Å². The first-order chi connectivity index (χ1) is 2.56. The Labute approximate surface area is 41.0 Å². The molecule has 0 N–H and O–H groups in total. The molecule has 34 valence electrons. The predicted octanol–water partition coefficient (Wildman–Crippen LogP) is 0.166. The van der Waals surface area contributed by atoms with Crippen LogP contribution in [0.3, 0.4) is 0 Å². The van der Waals surface area contributed by atoms with Crippen LogP contribution in [0.1, 0.15) is 6.92 Å². The van der Waals surface area contributed by atoms with E-state index >= 15 is 0 Å². The smallest absolute Gasteiger partial charge is 0.402 e. The maximum atomic E-state index is 5.47. The second-order valence-corrected chi connectivity index (χ2v) is 2.09. The Hall–Kier alpha value is 0.0249. The first kappa shape index (κ1) is 6.02. The molecule has 0 amide bonds. The molecule has 0 aromatic rings. The maximum Gasteiger partial charge on any atom is 0.480 e. The molecule has 0 aliphatic rings. The van der Waals surface area contributed by atoms with Gasteiger partial charge in [-0.1, -0.05) is 0 Å². The van der Waals surface area contributed by atoms with Crippen LogP contribution in [0.25, 0.3) is 0 Å². The summed E-state index contributed by atoms with van der Waals surface area (Å²) in [6.45, 7) is 3.04. The zero-order chi connectivity index (χ0) is 5.21. The number of hydrogen-bond donors (Lipinski definition) is 0. The van der Waals surface area contributed by atoms with Crippen molar-refractivity contribution in [2.45, 2.75) is 6.92 Å². The molecule has 0 heterocycles. The fourth-order valence-corrected chi connectivity index (χ4v) is 0. The predicted molar refractivity (Wildman–Crippen MR) is 28.4 cm³/mol. The highest BCUT2D eigenvalue weighted by Crippen LogP contribution is 1.82. The molecule has 0 rings (SSSR count). The molecule has 2 radical (unpaired) electrons. The van der Waals surface area contributed by atoms with Gasteiger partial charge in [0.25, 0.3) is 0 Å². The van der Waals surface area contributed by atoms with Gasteiger partial charge in [-0.25, -0.2) is 0 Å². The van der Waals surface area contributed by atoms with Gasteiger partial charge in [0.2, 0.25) is 0 Å². The van der Waals surface area contributed by atoms with Crippen LogP contribution in [0.15, 0.2) is 0 Å². The van der Waals surface area contributed by atoms with Crippen LogP contribution < -0.4 is 0 Å². The number of hydrogen-bond acceptors (Lipinski definition) is 0. The van der Waals surface area contributed by atoms with E-state index in [1.54, 1.807) is 0 Å². The largest absolute Gasteiger partial charge is 0.480 e. The van der Waals surface area contributed by atoms with Crippen LogP contribution in [0.4, 0.5) is 0 Å². The van der Waals surface area contributed by atoms with Gasteiger partial charge in [0.15, 0.2) is 0 Å². The third-order valence-corrected chi connectivity index (χ3v) is 0.815. The van der Waals surface area contributed by atoms with Gasteiger partial charge >= 0.3 is 7.98 Å². The van der Waals surface area contributed by atoms with Crippen molar-refractivity contribution in [2.24, 2.45) is 0 Å². The minimum absolute atomic E-state index is 0.569. The van der Waals surface area contributed by atoms with E-state index in [9.17, 15) is 0 Å². The molecule has 0 bridgehead atoms. The van der Waals surface area contributed by atoms with E-state index in [1.807, 2.05) is 14.1 Å². The second kappa shape index (κ2) is 1.65. The highest BCUT2D eigenvalue weighted by atomic mass is 15.2. The van der Waals surface area contributed by atoms with Gasteiger partial charge in [-0.15, -0.1) is 0 Å². The first-order valence-electron chi connectivity index (χ1n) is 2.18. The zero-order valence-electron chi connectivity index (χ0n) is 4.73. The molecule has 0 aliphatic heterocycles. The van der Waals surface area contributed by atoms with Gasteiger partial charge < -0.3 is 4.39 Å². The monoisotopic (exact) mass is 84.1 g/mol. The van der Waals surface area contributed by atoms with Gasteiger partial charge in [0, 0.05) is 14.1 Å². The summed E-state index contributed by atoms with van der Waals surface area (Å²) in [5.74, 6) is 0. The minimum Gasteiger partial charge on any atom is -0.402 e. The summed E-state index contributed by atoms with van der Waals surface area (Å²) in [7, 11) is 9.39. The van der Waals surface area contributed by atoms with Crippen molar-refractivity contribution in [2.75, 3.05) is 20.6 Å². The van der Waals surface area contributed by atoms with Crippen LogP contribution in [0.2, 0.25) is 0 Å². The fourth-order valence-electron chi connectivity index (χ4n) is 0. The molecular formula is C4H11BN+. The molecule has 0 unspecified atom stereocenters. The molecule has 0 spiro atoms. The highest BCUT2D eigenvalue weighted by molar-refractivity contribution is 5.97. The lowest BCUT2D eigenvalue weighted by molar-refractivity contribution is -0.770. The molecule has 0 aliphatic carbocycles. The lowest BCUT2D eigenvalue weighted by Crippen LogP contribution is -2.35. The topological polar surface area (TPSA) is 0 Å². The van der Waals surface area contributed by atoms with Crippen molar-refractivity contribution in [3.05, 3.63) is 0 Å². The Kier molecular flexibility index (Phi) is 1.66. The first-order valence-corrected chi connectivity index (χ1v) is 2.18. The normalized spacial score (nSPS) is 11.8. The Balaban J connectivity index is 3.17. The number of nitrogens with zero attached hydrogens (tertiary/aromatic N) is 1. The molecule has 0 fully saturated rings. The third-order valence-electron chi connectivity index (χ3n) is 0.815. The van der Waals surface area contributed by atoms with Crippen molar-refractivity contribution in [1.82, 2.24) is 0 Å². The van der Waals surface area contributed by atoms with Crippen LogP contribution in [-0.2, 0) is 0 Å². The number of quaternary nitrogens is 1. The van der Waals surface area contributed by atoms with Crippen molar-refractivity contribution >= 4 is 7.98 Å². The molecule has 0 saturated carbocycles. The van der Waals surface area contributed by atoms with E-state index < -0.39 is 0 Å². The Morgan fingerprint density at radius 1 is 1.50 bits per heavy atom. The summed E-state index contributed by atoms with van der Waals surface area (Å²) in [5.41, 5.74) is 0. The maximum absolute atomic E-state index is 5.47. The average Bonchev–Trinajstić information content (AvgIpc) is 1.35. The van der Waals surface area contributed by atoms with Crippen molar-refractivity contribution in [1.29, 1.82) is 0 Å². The van der Waals surface area contributed by atoms with Crippen LogP contribution in [0.5, 0.6) is 0 Å². The summed E-state index contributed by atoms with van der Waals surface area (Å²) >= 11 is 0.